The summed E-state index contributed by atoms with van der Waals surface area (Å²) in [4.78, 5) is 4.64. The topological polar surface area (TPSA) is 114 Å². The maximum absolute atomic E-state index is 6.89. The Morgan fingerprint density at radius 2 is 1.17 bits per heavy atom. The Balaban J connectivity index is 1.69. The standard InChI is InChI=1S/C23H46N6/c1-20(2,3)15-7-11-17(12-8-15)22(25)27-19(24)28-23(26,29-22)18-13-9-16(10-14-18)21(4,5)6/h15-18,29H,7-14,25-26H2,1-6H3,(H3,24,27,28). The summed E-state index contributed by atoms with van der Waals surface area (Å²) in [5, 5.41) is 6.82. The van der Waals surface area contributed by atoms with Crippen LogP contribution in [0.2, 0.25) is 0 Å². The lowest BCUT2D eigenvalue weighted by Gasteiger charge is -2.52. The van der Waals surface area contributed by atoms with Crippen LogP contribution in [-0.4, -0.2) is 17.5 Å². The maximum atomic E-state index is 6.89. The zero-order valence-electron chi connectivity index (χ0n) is 19.6. The summed E-state index contributed by atoms with van der Waals surface area (Å²) < 4.78 is 0. The van der Waals surface area contributed by atoms with Crippen molar-refractivity contribution in [2.75, 3.05) is 0 Å². The quantitative estimate of drug-likeness (QED) is 0.482. The predicted octanol–water partition coefficient (Wildman–Crippen LogP) is 3.42. The van der Waals surface area contributed by atoms with Gasteiger partial charge >= 0.3 is 0 Å². The van der Waals surface area contributed by atoms with Gasteiger partial charge in [-0.15, -0.1) is 0 Å². The predicted molar refractivity (Wildman–Crippen MR) is 122 cm³/mol. The number of guanidine groups is 1. The van der Waals surface area contributed by atoms with Gasteiger partial charge in [0.2, 0.25) is 0 Å². The number of nitrogens with two attached hydrogens (primary N) is 3. The molecule has 0 saturated heterocycles. The van der Waals surface area contributed by atoms with E-state index in [0.29, 0.717) is 22.7 Å². The molecule has 0 spiro atoms. The monoisotopic (exact) mass is 406 g/mol. The van der Waals surface area contributed by atoms with Crippen molar-refractivity contribution in [3.63, 3.8) is 0 Å². The van der Waals surface area contributed by atoms with Crippen LogP contribution in [0.15, 0.2) is 4.99 Å². The maximum Gasteiger partial charge on any atom is 0.194 e. The molecule has 29 heavy (non-hydrogen) atoms. The lowest BCUT2D eigenvalue weighted by molar-refractivity contribution is 0.0200. The Kier molecular flexibility index (Phi) is 6.05. The molecular formula is C23H46N6. The SMILES string of the molecule is CC(C)(C)C1CCC(C2(N)N=C(N)NC(N)(C3CCC(C(C)(C)C)CC3)N2)CC1. The van der Waals surface area contributed by atoms with E-state index in [0.717, 1.165) is 37.5 Å². The van der Waals surface area contributed by atoms with E-state index in [2.05, 4.69) is 57.2 Å². The summed E-state index contributed by atoms with van der Waals surface area (Å²) in [7, 11) is 0. The lowest BCUT2D eigenvalue weighted by Crippen LogP contribution is -2.81. The molecule has 8 N–H and O–H groups in total. The molecule has 2 aliphatic carbocycles. The number of aliphatic imine (C=N–C) groups is 1. The van der Waals surface area contributed by atoms with Gasteiger partial charge in [-0.3, -0.25) is 11.5 Å². The van der Waals surface area contributed by atoms with Gasteiger partial charge in [-0.1, -0.05) is 41.5 Å². The molecule has 2 fully saturated rings. The molecule has 2 atom stereocenters. The van der Waals surface area contributed by atoms with E-state index < -0.39 is 11.6 Å². The van der Waals surface area contributed by atoms with Crippen LogP contribution >= 0.6 is 0 Å². The number of hydrogen-bond donors (Lipinski definition) is 5. The molecule has 2 unspecified atom stereocenters. The van der Waals surface area contributed by atoms with Gasteiger partial charge in [0.25, 0.3) is 0 Å². The van der Waals surface area contributed by atoms with Crippen LogP contribution in [0.25, 0.3) is 0 Å². The normalized spacial score (nSPS) is 42.1. The molecule has 3 aliphatic rings. The first-order valence-electron chi connectivity index (χ1n) is 11.7. The number of rotatable bonds is 2. The molecule has 6 heteroatoms. The molecule has 1 aliphatic heterocycles. The van der Waals surface area contributed by atoms with Crippen LogP contribution in [0.4, 0.5) is 0 Å². The number of hydrogen-bond acceptors (Lipinski definition) is 6. The summed E-state index contributed by atoms with van der Waals surface area (Å²) in [6.45, 7) is 14.1. The second-order valence-corrected chi connectivity index (χ2v) is 12.3. The molecule has 0 aromatic rings. The molecule has 0 aromatic heterocycles. The van der Waals surface area contributed by atoms with E-state index in [1.54, 1.807) is 0 Å². The first-order valence-corrected chi connectivity index (χ1v) is 11.7. The van der Waals surface area contributed by atoms with Crippen molar-refractivity contribution < 1.29 is 0 Å². The third-order valence-electron chi connectivity index (χ3n) is 8.22. The molecule has 2 saturated carbocycles. The summed E-state index contributed by atoms with van der Waals surface area (Å²) in [5.74, 6) is 0.746. The summed E-state index contributed by atoms with van der Waals surface area (Å²) in [6.07, 6.45) is 9.06. The van der Waals surface area contributed by atoms with Crippen LogP contribution in [0.3, 0.4) is 0 Å². The fourth-order valence-electron chi connectivity index (χ4n) is 6.04. The fraction of sp³-hybridized carbons (Fsp3) is 0.957. The number of nitrogens with one attached hydrogen (secondary N) is 2. The Labute approximate surface area is 178 Å². The zero-order chi connectivity index (χ0) is 21.7. The second-order valence-electron chi connectivity index (χ2n) is 12.3. The molecule has 0 amide bonds. The van der Waals surface area contributed by atoms with Crippen LogP contribution in [0.5, 0.6) is 0 Å². The van der Waals surface area contributed by atoms with E-state index in [-0.39, 0.29) is 5.92 Å². The molecule has 1 heterocycles. The lowest BCUT2D eigenvalue weighted by atomic mass is 9.67. The molecule has 6 nitrogen and oxygen atoms in total. The Morgan fingerprint density at radius 3 is 1.59 bits per heavy atom. The minimum absolute atomic E-state index is 0.260. The van der Waals surface area contributed by atoms with E-state index in [1.165, 1.54) is 25.7 Å². The van der Waals surface area contributed by atoms with Gasteiger partial charge in [-0.2, -0.15) is 0 Å². The number of nitrogens with zero attached hydrogens (tertiary/aromatic N) is 1. The Bertz CT molecular complexity index is 602. The molecule has 0 aromatic carbocycles. The third-order valence-corrected chi connectivity index (χ3v) is 8.22. The van der Waals surface area contributed by atoms with E-state index in [1.807, 2.05) is 0 Å². The van der Waals surface area contributed by atoms with Crippen LogP contribution in [-0.2, 0) is 0 Å². The minimum Gasteiger partial charge on any atom is -0.370 e. The highest BCUT2D eigenvalue weighted by atomic mass is 15.5. The van der Waals surface area contributed by atoms with Crippen molar-refractivity contribution in [3.05, 3.63) is 0 Å². The molecular weight excluding hydrogens is 360 g/mol. The molecule has 3 rings (SSSR count). The summed E-state index contributed by atoms with van der Waals surface area (Å²) in [5.41, 5.74) is 20.7. The van der Waals surface area contributed by atoms with Gasteiger partial charge in [0.1, 0.15) is 5.79 Å². The summed E-state index contributed by atoms with van der Waals surface area (Å²) >= 11 is 0. The fourth-order valence-corrected chi connectivity index (χ4v) is 6.04. The Hall–Kier alpha value is -0.850. The van der Waals surface area contributed by atoms with E-state index >= 15 is 0 Å². The average molecular weight is 407 g/mol. The van der Waals surface area contributed by atoms with Gasteiger partial charge < -0.3 is 11.1 Å². The summed E-state index contributed by atoms with van der Waals surface area (Å²) in [6, 6.07) is 0. The van der Waals surface area contributed by atoms with Gasteiger partial charge in [0.05, 0.1) is 0 Å². The molecule has 0 bridgehead atoms. The first kappa shape index (κ1) is 22.8. The van der Waals surface area contributed by atoms with Gasteiger partial charge in [-0.05, 0) is 74.0 Å². The van der Waals surface area contributed by atoms with E-state index in [9.17, 15) is 0 Å². The highest BCUT2D eigenvalue weighted by Crippen LogP contribution is 2.45. The largest absolute Gasteiger partial charge is 0.370 e. The van der Waals surface area contributed by atoms with Crippen LogP contribution in [0.1, 0.15) is 92.9 Å². The minimum atomic E-state index is -0.881. The van der Waals surface area contributed by atoms with Gasteiger partial charge in [0.15, 0.2) is 11.7 Å². The van der Waals surface area contributed by atoms with Crippen molar-refractivity contribution in [1.82, 2.24) is 10.6 Å². The molecule has 0 radical (unpaired) electrons. The van der Waals surface area contributed by atoms with Gasteiger partial charge in [-0.25, -0.2) is 10.3 Å². The van der Waals surface area contributed by atoms with E-state index in [4.69, 9.17) is 17.2 Å². The smallest absolute Gasteiger partial charge is 0.194 e. The van der Waals surface area contributed by atoms with Crippen molar-refractivity contribution >= 4 is 5.96 Å². The van der Waals surface area contributed by atoms with Crippen LogP contribution < -0.4 is 27.8 Å². The second kappa shape index (κ2) is 7.69. The first-order chi connectivity index (χ1) is 13.2. The Morgan fingerprint density at radius 1 is 0.759 bits per heavy atom. The zero-order valence-corrected chi connectivity index (χ0v) is 19.6. The van der Waals surface area contributed by atoms with Crippen molar-refractivity contribution in [2.24, 2.45) is 56.7 Å². The highest BCUT2D eigenvalue weighted by Gasteiger charge is 2.50. The van der Waals surface area contributed by atoms with Crippen molar-refractivity contribution in [3.8, 4) is 0 Å². The van der Waals surface area contributed by atoms with Crippen molar-refractivity contribution in [1.29, 1.82) is 0 Å². The van der Waals surface area contributed by atoms with Crippen molar-refractivity contribution in [2.45, 2.75) is 104 Å². The average Bonchev–Trinajstić information content (AvgIpc) is 2.59. The van der Waals surface area contributed by atoms with Crippen LogP contribution in [0, 0.1) is 34.5 Å². The molecule has 168 valence electrons. The van der Waals surface area contributed by atoms with Gasteiger partial charge in [0, 0.05) is 11.8 Å². The third kappa shape index (κ3) is 4.91. The highest BCUT2D eigenvalue weighted by molar-refractivity contribution is 5.79.